The molecule has 19 nitrogen and oxygen atoms in total. The number of rotatable bonds is 24. The molecule has 0 radical (unpaired) electrons. The Hall–Kier alpha value is -4.36. The number of hydrogen-bond donors (Lipinski definition) is 9. The van der Waals surface area contributed by atoms with E-state index in [1.807, 2.05) is 13.8 Å². The van der Waals surface area contributed by atoms with Gasteiger partial charge in [-0.3, -0.25) is 33.6 Å². The fourth-order valence-electron chi connectivity index (χ4n) is 7.25. The summed E-state index contributed by atoms with van der Waals surface area (Å²) in [5.74, 6) is -5.57. The van der Waals surface area contributed by atoms with Crippen LogP contribution in [-0.2, 0) is 38.4 Å². The highest BCUT2D eigenvalue weighted by atomic mass is 16.4. The van der Waals surface area contributed by atoms with Crippen LogP contribution in [0.5, 0.6) is 0 Å². The van der Waals surface area contributed by atoms with Gasteiger partial charge in [0.15, 0.2) is 0 Å². The van der Waals surface area contributed by atoms with Crippen LogP contribution in [0.2, 0.25) is 0 Å². The zero-order chi connectivity index (χ0) is 43.7. The molecule has 0 aromatic rings. The quantitative estimate of drug-likeness (QED) is 0.0519. The number of unbranched alkanes of at least 4 members (excludes halogenated alkanes) is 2. The van der Waals surface area contributed by atoms with Crippen LogP contribution in [0.3, 0.4) is 0 Å². The Bertz CT molecular complexity index is 1430. The number of nitrogens with one attached hydrogen (secondary N) is 5. The first-order valence-corrected chi connectivity index (χ1v) is 20.9. The van der Waals surface area contributed by atoms with Crippen LogP contribution in [0, 0.1) is 11.8 Å². The first-order valence-electron chi connectivity index (χ1n) is 20.9. The highest BCUT2D eigenvalue weighted by Crippen LogP contribution is 2.26. The molecule has 0 aromatic heterocycles. The Labute approximate surface area is 342 Å². The van der Waals surface area contributed by atoms with Gasteiger partial charge in [-0.2, -0.15) is 0 Å². The molecule has 8 atom stereocenters. The summed E-state index contributed by atoms with van der Waals surface area (Å²) < 4.78 is 0. The fraction of sp³-hybridized carbons (Fsp3) is 0.795. The van der Waals surface area contributed by atoms with Crippen molar-refractivity contribution < 1.29 is 43.5 Å². The number of carbonyl (C=O) groups excluding carboxylic acids is 7. The molecule has 0 aromatic carbocycles. The summed E-state index contributed by atoms with van der Waals surface area (Å²) in [5, 5.41) is 23.0. The molecule has 7 amide bonds. The average molecular weight is 823 g/mol. The lowest BCUT2D eigenvalue weighted by Crippen LogP contribution is -2.60. The summed E-state index contributed by atoms with van der Waals surface area (Å²) in [6.45, 7) is 11.6. The summed E-state index contributed by atoms with van der Waals surface area (Å²) in [7, 11) is 0. The van der Waals surface area contributed by atoms with Crippen LogP contribution >= 0.6 is 0 Å². The van der Waals surface area contributed by atoms with Crippen LogP contribution in [-0.4, -0.2) is 137 Å². The molecule has 2 heterocycles. The number of carboxylic acid groups (broad SMARTS) is 1. The Morgan fingerprint density at radius 1 is 0.638 bits per heavy atom. The van der Waals surface area contributed by atoms with Crippen molar-refractivity contribution in [3.63, 3.8) is 0 Å². The van der Waals surface area contributed by atoms with Crippen LogP contribution < -0.4 is 43.8 Å². The first-order chi connectivity index (χ1) is 27.3. The fourth-order valence-corrected chi connectivity index (χ4v) is 7.25. The predicted octanol–water partition coefficient (Wildman–Crippen LogP) is -1.20. The van der Waals surface area contributed by atoms with E-state index in [-0.39, 0.29) is 37.0 Å². The molecule has 0 aliphatic carbocycles. The Morgan fingerprint density at radius 3 is 1.71 bits per heavy atom. The van der Waals surface area contributed by atoms with Gasteiger partial charge in [-0.25, -0.2) is 4.79 Å². The SMILES string of the molecule is CC(C)CC(NC(=O)C(NC(=O)C(C)NC(=O)C(CCCCN)NC(=O)C1CCCN1C(=O)C1CCCN1C(=O)C(C)N)C(C)C)C(=O)NC(CCCCN)C(=O)O. The topological polar surface area (TPSA) is 301 Å². The van der Waals surface area contributed by atoms with E-state index in [0.29, 0.717) is 77.5 Å². The number of nitrogens with two attached hydrogens (primary N) is 3. The first kappa shape index (κ1) is 49.8. The maximum Gasteiger partial charge on any atom is 0.326 e. The summed E-state index contributed by atoms with van der Waals surface area (Å²) >= 11 is 0. The molecule has 12 N–H and O–H groups in total. The average Bonchev–Trinajstić information content (AvgIpc) is 3.86. The highest BCUT2D eigenvalue weighted by Gasteiger charge is 2.43. The highest BCUT2D eigenvalue weighted by molar-refractivity contribution is 5.97. The van der Waals surface area contributed by atoms with Gasteiger partial charge in [0.2, 0.25) is 41.4 Å². The van der Waals surface area contributed by atoms with Gasteiger partial charge in [-0.15, -0.1) is 0 Å². The van der Waals surface area contributed by atoms with Gasteiger partial charge in [0, 0.05) is 13.1 Å². The molecule has 2 aliphatic rings. The van der Waals surface area contributed by atoms with Crippen molar-refractivity contribution in [1.29, 1.82) is 0 Å². The van der Waals surface area contributed by atoms with Gasteiger partial charge in [0.05, 0.1) is 6.04 Å². The van der Waals surface area contributed by atoms with Crippen molar-refractivity contribution >= 4 is 47.3 Å². The lowest BCUT2D eigenvalue weighted by Gasteiger charge is -2.32. The van der Waals surface area contributed by atoms with E-state index in [9.17, 15) is 43.5 Å². The minimum absolute atomic E-state index is 0.0528. The summed E-state index contributed by atoms with van der Waals surface area (Å²) in [5.41, 5.74) is 17.0. The summed E-state index contributed by atoms with van der Waals surface area (Å²) in [6.07, 6.45) is 4.74. The maximum atomic E-state index is 13.7. The van der Waals surface area contributed by atoms with Gasteiger partial charge < -0.3 is 58.7 Å². The van der Waals surface area contributed by atoms with Crippen molar-refractivity contribution in [3.8, 4) is 0 Å². The van der Waals surface area contributed by atoms with Crippen LogP contribution in [0.4, 0.5) is 0 Å². The molecule has 19 heteroatoms. The third kappa shape index (κ3) is 15.1. The van der Waals surface area contributed by atoms with Crippen molar-refractivity contribution in [1.82, 2.24) is 36.4 Å². The van der Waals surface area contributed by atoms with Crippen molar-refractivity contribution in [2.45, 2.75) is 161 Å². The molecule has 58 heavy (non-hydrogen) atoms. The zero-order valence-electron chi connectivity index (χ0n) is 35.2. The minimum atomic E-state index is -1.21. The number of amides is 7. The Balaban J connectivity index is 2.14. The molecule has 8 unspecified atom stereocenters. The maximum absolute atomic E-state index is 13.7. The molecular weight excluding hydrogens is 752 g/mol. The molecule has 2 fully saturated rings. The third-order valence-electron chi connectivity index (χ3n) is 10.5. The van der Waals surface area contributed by atoms with E-state index in [1.165, 1.54) is 16.7 Å². The Kier molecular flexibility index (Phi) is 21.1. The van der Waals surface area contributed by atoms with Crippen LogP contribution in [0.15, 0.2) is 0 Å². The molecule has 0 saturated carbocycles. The van der Waals surface area contributed by atoms with Gasteiger partial charge in [0.1, 0.15) is 42.3 Å². The normalized spacial score (nSPS) is 19.8. The second-order valence-corrected chi connectivity index (χ2v) is 16.3. The molecule has 330 valence electrons. The van der Waals surface area contributed by atoms with E-state index in [0.717, 1.165) is 0 Å². The standard InChI is InChI=1S/C39H70N10O9/c1-22(2)21-28(34(52)45-27(39(57)58)14-8-10-18-41)46-36(54)31(23(3)4)47-32(50)25(6)43-33(51)26(13-7-9-17-40)44-35(53)29-15-11-19-48(29)38(56)30-16-12-20-49(30)37(55)24(5)42/h22-31H,7-21,40-42H2,1-6H3,(H,43,51)(H,44,53)(H,45,52)(H,46,54)(H,47,50)(H,57,58). The third-order valence-corrected chi connectivity index (χ3v) is 10.5. The van der Waals surface area contributed by atoms with Gasteiger partial charge >= 0.3 is 5.97 Å². The van der Waals surface area contributed by atoms with Gasteiger partial charge in [-0.1, -0.05) is 27.7 Å². The molecule has 0 bridgehead atoms. The largest absolute Gasteiger partial charge is 0.480 e. The zero-order valence-corrected chi connectivity index (χ0v) is 35.2. The second-order valence-electron chi connectivity index (χ2n) is 16.3. The molecule has 2 saturated heterocycles. The van der Waals surface area contributed by atoms with E-state index < -0.39 is 89.8 Å². The predicted molar refractivity (Wildman–Crippen MR) is 216 cm³/mol. The number of likely N-dealkylation sites (tertiary alicyclic amines) is 2. The smallest absolute Gasteiger partial charge is 0.326 e. The molecule has 2 rings (SSSR count). The van der Waals surface area contributed by atoms with E-state index in [1.54, 1.807) is 20.8 Å². The lowest BCUT2D eigenvalue weighted by molar-refractivity contribution is -0.147. The number of nitrogens with zero attached hydrogens (tertiary/aromatic N) is 2. The number of hydrogen-bond acceptors (Lipinski definition) is 11. The molecule has 0 spiro atoms. The van der Waals surface area contributed by atoms with Crippen LogP contribution in [0.25, 0.3) is 0 Å². The summed E-state index contributed by atoms with van der Waals surface area (Å²) in [6, 6.07) is -7.95. The molecule has 2 aliphatic heterocycles. The van der Waals surface area contributed by atoms with Crippen LogP contribution in [0.1, 0.15) is 112 Å². The number of aliphatic carboxylic acids is 1. The monoisotopic (exact) mass is 823 g/mol. The number of carboxylic acids is 1. The van der Waals surface area contributed by atoms with Crippen molar-refractivity contribution in [3.05, 3.63) is 0 Å². The van der Waals surface area contributed by atoms with Gasteiger partial charge in [0.25, 0.3) is 0 Å². The Morgan fingerprint density at radius 2 is 1.17 bits per heavy atom. The van der Waals surface area contributed by atoms with Crippen molar-refractivity contribution in [2.24, 2.45) is 29.0 Å². The second kappa shape index (κ2) is 24.5. The molecular formula is C39H70N10O9. The van der Waals surface area contributed by atoms with E-state index >= 15 is 0 Å². The minimum Gasteiger partial charge on any atom is -0.480 e. The van der Waals surface area contributed by atoms with E-state index in [4.69, 9.17) is 17.2 Å². The van der Waals surface area contributed by atoms with Crippen molar-refractivity contribution in [2.75, 3.05) is 26.2 Å². The van der Waals surface area contributed by atoms with Gasteiger partial charge in [-0.05, 0) is 109 Å². The lowest BCUT2D eigenvalue weighted by atomic mass is 9.99. The summed E-state index contributed by atoms with van der Waals surface area (Å²) in [4.78, 5) is 109. The van der Waals surface area contributed by atoms with E-state index in [2.05, 4.69) is 26.6 Å². The number of carbonyl (C=O) groups is 8.